The molecule has 0 aromatic heterocycles. The molecule has 0 aliphatic rings. The lowest BCUT2D eigenvalue weighted by Gasteiger charge is -2.10. The van der Waals surface area contributed by atoms with Crippen molar-refractivity contribution in [3.05, 3.63) is 77.9 Å². The smallest absolute Gasteiger partial charge is 0.343 e. The van der Waals surface area contributed by atoms with Crippen LogP contribution in [0, 0.1) is 0 Å². The molecule has 0 radical (unpaired) electrons. The lowest BCUT2D eigenvalue weighted by atomic mass is 10.2. The van der Waals surface area contributed by atoms with Gasteiger partial charge in [-0.05, 0) is 78.7 Å². The van der Waals surface area contributed by atoms with Gasteiger partial charge in [0.15, 0.2) is 18.1 Å². The molecule has 0 spiro atoms. The fourth-order valence-electron chi connectivity index (χ4n) is 2.95. The van der Waals surface area contributed by atoms with Crippen LogP contribution in [0.15, 0.2) is 71.8 Å². The zero-order chi connectivity index (χ0) is 25.8. The third-order valence-electron chi connectivity index (χ3n) is 4.79. The predicted octanol–water partition coefficient (Wildman–Crippen LogP) is 4.24. The second-order valence-corrected chi connectivity index (χ2v) is 7.43. The zero-order valence-electron chi connectivity index (χ0n) is 20.4. The lowest BCUT2D eigenvalue weighted by Crippen LogP contribution is -2.24. The van der Waals surface area contributed by atoms with Crippen molar-refractivity contribution in [3.8, 4) is 28.7 Å². The van der Waals surface area contributed by atoms with Crippen LogP contribution in [0.5, 0.6) is 28.7 Å². The summed E-state index contributed by atoms with van der Waals surface area (Å²) in [6.45, 7) is 2.43. The molecule has 0 fully saturated rings. The molecule has 0 saturated heterocycles. The number of methoxy groups -OCH3 is 2. The fourth-order valence-corrected chi connectivity index (χ4v) is 2.95. The van der Waals surface area contributed by atoms with Crippen molar-refractivity contribution in [3.63, 3.8) is 0 Å². The highest BCUT2D eigenvalue weighted by Gasteiger charge is 2.13. The van der Waals surface area contributed by atoms with Gasteiger partial charge in [-0.3, -0.25) is 4.79 Å². The van der Waals surface area contributed by atoms with Gasteiger partial charge in [-0.1, -0.05) is 6.92 Å². The number of nitrogens with zero attached hydrogens (tertiary/aromatic N) is 1. The van der Waals surface area contributed by atoms with Crippen LogP contribution in [-0.4, -0.2) is 45.5 Å². The molecule has 188 valence electrons. The first kappa shape index (κ1) is 26.1. The highest BCUT2D eigenvalue weighted by atomic mass is 16.6. The maximum Gasteiger partial charge on any atom is 0.343 e. The third-order valence-corrected chi connectivity index (χ3v) is 4.79. The van der Waals surface area contributed by atoms with Gasteiger partial charge in [0.1, 0.15) is 17.2 Å². The molecule has 1 N–H and O–H groups in total. The van der Waals surface area contributed by atoms with E-state index in [9.17, 15) is 9.59 Å². The minimum Gasteiger partial charge on any atom is -0.497 e. The molecule has 0 unspecified atom stereocenters. The van der Waals surface area contributed by atoms with Gasteiger partial charge in [0.25, 0.3) is 5.91 Å². The van der Waals surface area contributed by atoms with Gasteiger partial charge in [-0.25, -0.2) is 10.2 Å². The number of ether oxygens (including phenoxy) is 5. The van der Waals surface area contributed by atoms with Gasteiger partial charge < -0.3 is 23.7 Å². The molecular weight excluding hydrogens is 464 g/mol. The number of carbonyl (C=O) groups is 2. The van der Waals surface area contributed by atoms with Crippen molar-refractivity contribution in [2.24, 2.45) is 5.10 Å². The first-order valence-corrected chi connectivity index (χ1v) is 11.2. The molecule has 1 amide bonds. The maximum atomic E-state index is 12.5. The van der Waals surface area contributed by atoms with E-state index in [1.165, 1.54) is 13.3 Å². The van der Waals surface area contributed by atoms with E-state index in [0.717, 1.165) is 6.42 Å². The predicted molar refractivity (Wildman–Crippen MR) is 134 cm³/mol. The Labute approximate surface area is 209 Å². The van der Waals surface area contributed by atoms with Crippen LogP contribution in [0.3, 0.4) is 0 Å². The van der Waals surface area contributed by atoms with E-state index in [4.69, 9.17) is 23.7 Å². The number of hydrogen-bond donors (Lipinski definition) is 1. The number of amides is 1. The monoisotopic (exact) mass is 492 g/mol. The number of hydrazone groups is 1. The van der Waals surface area contributed by atoms with E-state index in [1.54, 1.807) is 73.8 Å². The Kier molecular flexibility index (Phi) is 9.69. The summed E-state index contributed by atoms with van der Waals surface area (Å²) in [5.74, 6) is 1.55. The summed E-state index contributed by atoms with van der Waals surface area (Å²) in [6.07, 6.45) is 2.34. The summed E-state index contributed by atoms with van der Waals surface area (Å²) in [4.78, 5) is 24.5. The summed E-state index contributed by atoms with van der Waals surface area (Å²) in [5.41, 5.74) is 3.40. The highest BCUT2D eigenvalue weighted by molar-refractivity contribution is 5.92. The first-order chi connectivity index (χ1) is 17.5. The Morgan fingerprint density at radius 3 is 2.17 bits per heavy atom. The normalized spacial score (nSPS) is 10.5. The number of carbonyl (C=O) groups excluding carboxylic acids is 2. The molecule has 0 bridgehead atoms. The quantitative estimate of drug-likeness (QED) is 0.175. The van der Waals surface area contributed by atoms with Crippen molar-refractivity contribution < 1.29 is 33.3 Å². The van der Waals surface area contributed by atoms with Crippen molar-refractivity contribution in [2.45, 2.75) is 13.3 Å². The van der Waals surface area contributed by atoms with Crippen molar-refractivity contribution >= 4 is 18.1 Å². The number of rotatable bonds is 12. The minimum absolute atomic E-state index is 0.201. The van der Waals surface area contributed by atoms with Crippen LogP contribution in [0.4, 0.5) is 0 Å². The van der Waals surface area contributed by atoms with E-state index in [2.05, 4.69) is 10.5 Å². The average Bonchev–Trinajstić information content (AvgIpc) is 2.92. The van der Waals surface area contributed by atoms with E-state index in [-0.39, 0.29) is 12.4 Å². The molecule has 3 rings (SSSR count). The Morgan fingerprint density at radius 1 is 0.833 bits per heavy atom. The fraction of sp³-hybridized carbons (Fsp3) is 0.222. The number of esters is 1. The summed E-state index contributed by atoms with van der Waals surface area (Å²) >= 11 is 0. The van der Waals surface area contributed by atoms with Crippen LogP contribution < -0.4 is 29.1 Å². The molecule has 0 saturated carbocycles. The second kappa shape index (κ2) is 13.4. The topological polar surface area (TPSA) is 105 Å². The molecular formula is C27H28N2O7. The molecule has 36 heavy (non-hydrogen) atoms. The molecule has 9 nitrogen and oxygen atoms in total. The van der Waals surface area contributed by atoms with E-state index in [1.807, 2.05) is 6.92 Å². The molecule has 0 aliphatic carbocycles. The highest BCUT2D eigenvalue weighted by Crippen LogP contribution is 2.28. The molecule has 0 heterocycles. The Balaban J connectivity index is 1.53. The summed E-state index contributed by atoms with van der Waals surface area (Å²) in [5, 5.41) is 3.92. The van der Waals surface area contributed by atoms with Crippen LogP contribution in [0.1, 0.15) is 29.3 Å². The Morgan fingerprint density at radius 2 is 1.50 bits per heavy atom. The van der Waals surface area contributed by atoms with Gasteiger partial charge >= 0.3 is 5.97 Å². The van der Waals surface area contributed by atoms with Crippen LogP contribution in [0.2, 0.25) is 0 Å². The Bertz CT molecular complexity index is 1180. The third kappa shape index (κ3) is 7.76. The van der Waals surface area contributed by atoms with Crippen LogP contribution in [-0.2, 0) is 4.79 Å². The molecule has 0 atom stereocenters. The minimum atomic E-state index is -0.527. The van der Waals surface area contributed by atoms with Crippen molar-refractivity contribution in [2.75, 3.05) is 27.4 Å². The summed E-state index contributed by atoms with van der Waals surface area (Å²) in [6, 6.07) is 18.5. The number of hydrogen-bond acceptors (Lipinski definition) is 8. The summed E-state index contributed by atoms with van der Waals surface area (Å²) < 4.78 is 26.8. The van der Waals surface area contributed by atoms with E-state index >= 15 is 0 Å². The molecule has 3 aromatic carbocycles. The first-order valence-electron chi connectivity index (χ1n) is 11.2. The van der Waals surface area contributed by atoms with Gasteiger partial charge in [0.05, 0.1) is 32.6 Å². The number of nitrogens with one attached hydrogen (secondary N) is 1. The van der Waals surface area contributed by atoms with Gasteiger partial charge in [-0.2, -0.15) is 5.10 Å². The molecule has 3 aromatic rings. The zero-order valence-corrected chi connectivity index (χ0v) is 20.4. The van der Waals surface area contributed by atoms with E-state index in [0.29, 0.717) is 40.7 Å². The lowest BCUT2D eigenvalue weighted by molar-refractivity contribution is -0.123. The van der Waals surface area contributed by atoms with Crippen molar-refractivity contribution in [1.29, 1.82) is 0 Å². The standard InChI is InChI=1S/C27H28N2O7/c1-4-15-34-22-8-6-20(7-9-22)27(31)36-24-14-5-19(16-25(24)33-3)17-28-29-26(30)18-35-23-12-10-21(32-2)11-13-23/h5-14,16-17H,4,15,18H2,1-3H3,(H,29,30)/b28-17-. The summed E-state index contributed by atoms with van der Waals surface area (Å²) in [7, 11) is 3.03. The van der Waals surface area contributed by atoms with Crippen LogP contribution >= 0.6 is 0 Å². The molecule has 9 heteroatoms. The van der Waals surface area contributed by atoms with Crippen LogP contribution in [0.25, 0.3) is 0 Å². The SMILES string of the molecule is CCCOc1ccc(C(=O)Oc2ccc(/C=N\NC(=O)COc3ccc(OC)cc3)cc2OC)cc1. The van der Waals surface area contributed by atoms with Gasteiger partial charge in [-0.15, -0.1) is 0 Å². The van der Waals surface area contributed by atoms with Gasteiger partial charge in [0.2, 0.25) is 0 Å². The largest absolute Gasteiger partial charge is 0.497 e. The molecule has 0 aliphatic heterocycles. The number of benzene rings is 3. The second-order valence-electron chi connectivity index (χ2n) is 7.43. The Hall–Kier alpha value is -4.53. The maximum absolute atomic E-state index is 12.5. The van der Waals surface area contributed by atoms with Gasteiger partial charge in [0, 0.05) is 0 Å². The van der Waals surface area contributed by atoms with Crippen molar-refractivity contribution in [1.82, 2.24) is 5.43 Å². The van der Waals surface area contributed by atoms with E-state index < -0.39 is 11.9 Å². The average molecular weight is 493 g/mol.